The molecule has 0 aromatic carbocycles. The molecule has 0 aromatic heterocycles. The van der Waals surface area contributed by atoms with Gasteiger partial charge >= 0.3 is 18.1 Å². The smallest absolute Gasteiger partial charge is 0.393 e. The van der Waals surface area contributed by atoms with Crippen LogP contribution in [0, 0.1) is 5.41 Å². The van der Waals surface area contributed by atoms with Gasteiger partial charge in [0.25, 0.3) is 10.0 Å². The number of carboxylic acids is 2. The summed E-state index contributed by atoms with van der Waals surface area (Å²) in [6.07, 6.45) is -6.91. The molecule has 0 unspecified atom stereocenters. The van der Waals surface area contributed by atoms with Crippen LogP contribution in [0.15, 0.2) is 11.1 Å². The van der Waals surface area contributed by atoms with E-state index in [9.17, 15) is 27.9 Å². The first-order valence-electron chi connectivity index (χ1n) is 8.76. The number of alkyl halides is 3. The van der Waals surface area contributed by atoms with Crippen LogP contribution in [-0.4, -0.2) is 56.4 Å². The van der Waals surface area contributed by atoms with Crippen molar-refractivity contribution in [1.29, 1.82) is 0 Å². The number of carbonyl (C=O) groups is 2. The Morgan fingerprint density at radius 1 is 0.929 bits per heavy atom. The largest absolute Gasteiger partial charge is 0.478 e. The lowest BCUT2D eigenvalue weighted by Crippen LogP contribution is -2.37. The second-order valence-electron chi connectivity index (χ2n) is 9.03. The van der Waals surface area contributed by atoms with Crippen LogP contribution in [0.3, 0.4) is 0 Å². The summed E-state index contributed by atoms with van der Waals surface area (Å²) in [7, 11) is -4.07. The molecule has 6 nitrogen and oxygen atoms in total. The Hall–Kier alpha value is -0.959. The number of hydrogen-bond donors (Lipinski definition) is 2. The van der Waals surface area contributed by atoms with E-state index in [1.165, 1.54) is 0 Å². The molecule has 0 saturated carbocycles. The zero-order valence-corrected chi connectivity index (χ0v) is 21.3. The van der Waals surface area contributed by atoms with Crippen LogP contribution in [0.25, 0.3) is 0 Å². The highest BCUT2D eigenvalue weighted by molar-refractivity contribution is 6.73. The van der Waals surface area contributed by atoms with Gasteiger partial charge in [-0.2, -0.15) is 13.2 Å². The normalized spacial score (nSPS) is 15.5. The van der Waals surface area contributed by atoms with Crippen molar-refractivity contribution in [3.05, 3.63) is 11.1 Å². The Bertz CT molecular complexity index is 610. The highest BCUT2D eigenvalue weighted by Gasteiger charge is 2.42. The molecule has 0 aliphatic rings. The molecular weight excluding hydrogens is 429 g/mol. The predicted molar refractivity (Wildman–Crippen MR) is 108 cm³/mol. The molecule has 0 amide bonds. The first kappa shape index (κ1) is 27.0. The summed E-state index contributed by atoms with van der Waals surface area (Å²) >= 11 is 0. The molecule has 0 aliphatic carbocycles. The van der Waals surface area contributed by atoms with Gasteiger partial charge in [-0.1, -0.05) is 27.7 Å². The molecule has 0 bridgehead atoms. The lowest BCUT2D eigenvalue weighted by molar-refractivity contribution is -0.144. The highest BCUT2D eigenvalue weighted by atomic mass is 28.4. The van der Waals surface area contributed by atoms with E-state index in [0.717, 1.165) is 0 Å². The number of halogens is 3. The van der Waals surface area contributed by atoms with Gasteiger partial charge in [0.05, 0.1) is 12.0 Å². The average molecular weight is 461 g/mol. The third-order valence-electron chi connectivity index (χ3n) is 4.75. The van der Waals surface area contributed by atoms with E-state index in [1.54, 1.807) is 13.8 Å². The molecule has 0 aromatic rings. The molecule has 0 radical (unpaired) electrons. The maximum atomic E-state index is 12.7. The van der Waals surface area contributed by atoms with Gasteiger partial charge in [0.2, 0.25) is 0 Å². The van der Waals surface area contributed by atoms with Gasteiger partial charge in [0.15, 0.2) is 18.1 Å². The molecular formula is C16H31F3O6Si3. The molecule has 12 heteroatoms. The van der Waals surface area contributed by atoms with Crippen LogP contribution in [0.4, 0.5) is 13.2 Å². The molecule has 0 atom stereocenters. The third kappa shape index (κ3) is 9.50. The molecule has 0 fully saturated rings. The fraction of sp³-hybridized carbons (Fsp3) is 0.750. The molecule has 28 heavy (non-hydrogen) atoms. The van der Waals surface area contributed by atoms with Crippen LogP contribution in [-0.2, 0) is 17.8 Å². The fourth-order valence-electron chi connectivity index (χ4n) is 2.22. The minimum Gasteiger partial charge on any atom is -0.478 e. The Balaban J connectivity index is 5.57. The van der Waals surface area contributed by atoms with Crippen molar-refractivity contribution in [3.8, 4) is 0 Å². The van der Waals surface area contributed by atoms with Crippen molar-refractivity contribution in [2.24, 2.45) is 5.41 Å². The lowest BCUT2D eigenvalue weighted by Gasteiger charge is -2.42. The average Bonchev–Trinajstić information content (AvgIpc) is 2.44. The second-order valence-corrected chi connectivity index (χ2v) is 18.3. The number of aliphatic carboxylic acids is 2. The Kier molecular flexibility index (Phi) is 9.36. The predicted octanol–water partition coefficient (Wildman–Crippen LogP) is 2.97. The molecule has 0 rings (SSSR count). The van der Waals surface area contributed by atoms with Crippen molar-refractivity contribution in [3.63, 3.8) is 0 Å². The Labute approximate surface area is 169 Å². The van der Waals surface area contributed by atoms with Crippen LogP contribution >= 0.6 is 0 Å². The van der Waals surface area contributed by atoms with Crippen molar-refractivity contribution in [2.45, 2.75) is 71.4 Å². The summed E-state index contributed by atoms with van der Waals surface area (Å²) < 4.78 is 49.8. The fourth-order valence-corrected chi connectivity index (χ4v) is 7.60. The molecule has 0 saturated heterocycles. The highest BCUT2D eigenvalue weighted by Crippen LogP contribution is 2.49. The van der Waals surface area contributed by atoms with E-state index in [2.05, 4.69) is 0 Å². The van der Waals surface area contributed by atoms with E-state index < -0.39 is 74.2 Å². The summed E-state index contributed by atoms with van der Waals surface area (Å²) in [6.45, 7) is 13.3. The zero-order chi connectivity index (χ0) is 22.6. The van der Waals surface area contributed by atoms with E-state index in [4.69, 9.17) is 13.3 Å². The minimum absolute atomic E-state index is 0.306. The van der Waals surface area contributed by atoms with Gasteiger partial charge in [-0.25, -0.2) is 9.59 Å². The first-order valence-corrected chi connectivity index (χ1v) is 14.6. The summed E-state index contributed by atoms with van der Waals surface area (Å²) in [6, 6.07) is 0. The van der Waals surface area contributed by atoms with E-state index in [0.29, 0.717) is 0 Å². The summed E-state index contributed by atoms with van der Waals surface area (Å²) in [5.74, 6) is -3.52. The topological polar surface area (TPSA) is 93.1 Å². The van der Waals surface area contributed by atoms with E-state index in [-0.39, 0.29) is 6.42 Å². The van der Waals surface area contributed by atoms with Crippen LogP contribution in [0.5, 0.6) is 0 Å². The molecule has 0 heterocycles. The van der Waals surface area contributed by atoms with Gasteiger partial charge in [0, 0.05) is 5.57 Å². The maximum absolute atomic E-state index is 12.7. The van der Waals surface area contributed by atoms with Crippen molar-refractivity contribution < 1.29 is 41.2 Å². The van der Waals surface area contributed by atoms with Gasteiger partial charge in [-0.15, -0.1) is 0 Å². The summed E-state index contributed by atoms with van der Waals surface area (Å²) in [5.41, 5.74) is -2.62. The summed E-state index contributed by atoms with van der Waals surface area (Å²) in [5, 5.41) is 18.1. The molecule has 2 N–H and O–H groups in total. The lowest BCUT2D eigenvalue weighted by atomic mass is 9.74. The minimum atomic E-state index is -4.81. The van der Waals surface area contributed by atoms with Crippen molar-refractivity contribution >= 4 is 40.0 Å². The van der Waals surface area contributed by atoms with Gasteiger partial charge in [0.1, 0.15) is 0 Å². The Morgan fingerprint density at radius 2 is 1.36 bits per heavy atom. The maximum Gasteiger partial charge on any atom is 0.393 e. The van der Waals surface area contributed by atoms with Gasteiger partial charge < -0.3 is 18.4 Å². The zero-order valence-electron chi connectivity index (χ0n) is 17.5. The van der Waals surface area contributed by atoms with Crippen molar-refractivity contribution in [1.82, 2.24) is 0 Å². The van der Waals surface area contributed by atoms with Crippen molar-refractivity contribution in [2.75, 3.05) is 0 Å². The number of rotatable bonds is 11. The third-order valence-corrected chi connectivity index (χ3v) is 11.8. The summed E-state index contributed by atoms with van der Waals surface area (Å²) in [4.78, 5) is 22.9. The molecule has 0 aliphatic heterocycles. The Morgan fingerprint density at radius 3 is 1.71 bits per heavy atom. The molecule has 164 valence electrons. The second kappa shape index (κ2) is 9.69. The standard InChI is InChI=1S/C16H31F3O6Si3/c1-14(2,15(3,4)26-24-27-25-28(5,6)7)8-10(12(20)21)11(13(22)23)9-16(17,18)19/h8-9,26-27H2,1-7H3,(H,20,21)(H,22,23)/b11-10+. The van der Waals surface area contributed by atoms with E-state index in [1.807, 2.05) is 33.5 Å². The van der Waals surface area contributed by atoms with Crippen LogP contribution < -0.4 is 0 Å². The number of hydrogen-bond acceptors (Lipinski definition) is 4. The van der Waals surface area contributed by atoms with Gasteiger partial charge in [-0.05, 0) is 36.5 Å². The first-order chi connectivity index (χ1) is 12.3. The van der Waals surface area contributed by atoms with Gasteiger partial charge in [-0.3, -0.25) is 0 Å². The molecule has 0 spiro atoms. The van der Waals surface area contributed by atoms with Crippen LogP contribution in [0.2, 0.25) is 24.7 Å². The van der Waals surface area contributed by atoms with Crippen LogP contribution in [0.1, 0.15) is 40.5 Å². The number of carboxylic acid groups (broad SMARTS) is 2. The monoisotopic (exact) mass is 460 g/mol. The quantitative estimate of drug-likeness (QED) is 0.280. The van der Waals surface area contributed by atoms with E-state index >= 15 is 0 Å². The SMILES string of the molecule is CC(C)(C/C(C(=O)O)=C(/CC(F)(F)F)C(=O)O)C(C)(C)[SiH2]O[SiH2]O[Si](C)(C)C.